The maximum atomic E-state index is 12.9. The molecule has 0 aromatic heterocycles. The van der Waals surface area contributed by atoms with Crippen molar-refractivity contribution in [1.82, 2.24) is 9.03 Å². The first-order valence-corrected chi connectivity index (χ1v) is 12.5. The van der Waals surface area contributed by atoms with Crippen molar-refractivity contribution in [2.24, 2.45) is 5.92 Å². The number of hydrogen-bond acceptors (Lipinski definition) is 5. The van der Waals surface area contributed by atoms with Gasteiger partial charge in [0.05, 0.1) is 15.7 Å². The molecular formula is C20H25N3O5S2. The highest BCUT2D eigenvalue weighted by atomic mass is 32.2. The molecule has 1 aliphatic heterocycles. The Morgan fingerprint density at radius 2 is 1.73 bits per heavy atom. The molecule has 1 fully saturated rings. The summed E-state index contributed by atoms with van der Waals surface area (Å²) in [5.74, 6) is -0.855. The van der Waals surface area contributed by atoms with E-state index >= 15 is 0 Å². The molecule has 1 amide bonds. The molecule has 3 rings (SSSR count). The first kappa shape index (κ1) is 22.4. The number of carbonyl (C=O) groups excluding carboxylic acids is 1. The van der Waals surface area contributed by atoms with Crippen molar-refractivity contribution in [2.75, 3.05) is 25.5 Å². The molecule has 162 valence electrons. The number of carbonyl (C=O) groups is 1. The molecule has 8 nitrogen and oxygen atoms in total. The summed E-state index contributed by atoms with van der Waals surface area (Å²) in [6.45, 7) is 2.20. The molecule has 2 aromatic rings. The van der Waals surface area contributed by atoms with Crippen LogP contribution < -0.4 is 10.0 Å². The zero-order valence-corrected chi connectivity index (χ0v) is 18.5. The summed E-state index contributed by atoms with van der Waals surface area (Å²) >= 11 is 0. The van der Waals surface area contributed by atoms with Gasteiger partial charge in [-0.2, -0.15) is 4.31 Å². The fourth-order valence-corrected chi connectivity index (χ4v) is 5.67. The maximum Gasteiger partial charge on any atom is 0.243 e. The van der Waals surface area contributed by atoms with E-state index in [1.807, 2.05) is 0 Å². The maximum absolute atomic E-state index is 12.9. The lowest BCUT2D eigenvalue weighted by Crippen LogP contribution is -2.43. The average Bonchev–Trinajstić information content (AvgIpc) is 2.75. The Kier molecular flexibility index (Phi) is 6.61. The molecule has 1 saturated heterocycles. The van der Waals surface area contributed by atoms with Crippen LogP contribution in [0, 0.1) is 12.8 Å². The normalized spacial score (nSPS) is 18.1. The molecule has 0 unspecified atom stereocenters. The summed E-state index contributed by atoms with van der Waals surface area (Å²) in [5.41, 5.74) is 1.10. The molecule has 0 aliphatic carbocycles. The highest BCUT2D eigenvalue weighted by Gasteiger charge is 2.33. The zero-order valence-electron chi connectivity index (χ0n) is 16.8. The number of anilines is 1. The van der Waals surface area contributed by atoms with Crippen LogP contribution in [-0.2, 0) is 24.8 Å². The number of nitrogens with one attached hydrogen (secondary N) is 2. The van der Waals surface area contributed by atoms with Crippen molar-refractivity contribution in [3.63, 3.8) is 0 Å². The van der Waals surface area contributed by atoms with Crippen molar-refractivity contribution >= 4 is 31.6 Å². The van der Waals surface area contributed by atoms with Gasteiger partial charge in [0.25, 0.3) is 0 Å². The second-order valence-corrected chi connectivity index (χ2v) is 11.0. The topological polar surface area (TPSA) is 113 Å². The van der Waals surface area contributed by atoms with Crippen LogP contribution in [0.4, 0.5) is 5.69 Å². The predicted octanol–water partition coefficient (Wildman–Crippen LogP) is 1.94. The lowest BCUT2D eigenvalue weighted by atomic mass is 9.98. The van der Waals surface area contributed by atoms with Crippen molar-refractivity contribution in [1.29, 1.82) is 0 Å². The van der Waals surface area contributed by atoms with Crippen molar-refractivity contribution < 1.29 is 21.6 Å². The van der Waals surface area contributed by atoms with Crippen LogP contribution in [0.3, 0.4) is 0 Å². The van der Waals surface area contributed by atoms with E-state index < -0.39 is 26.0 Å². The lowest BCUT2D eigenvalue weighted by molar-refractivity contribution is -0.120. The summed E-state index contributed by atoms with van der Waals surface area (Å²) in [6.07, 6.45) is 1.12. The standard InChI is InChI=1S/C20H25N3O5S2/c1-15-10-11-18(29(25,26)21-2)13-19(15)22-20(24)16-7-6-12-23(14-16)30(27,28)17-8-4-3-5-9-17/h3-5,8-11,13,16,21H,6-7,12,14H2,1-2H3,(H,22,24)/t16-/m1/s1. The number of amides is 1. The summed E-state index contributed by atoms with van der Waals surface area (Å²) in [7, 11) is -6.00. The third kappa shape index (κ3) is 4.72. The van der Waals surface area contributed by atoms with Crippen LogP contribution in [0.5, 0.6) is 0 Å². The van der Waals surface area contributed by atoms with Crippen molar-refractivity contribution in [2.45, 2.75) is 29.6 Å². The molecule has 0 spiro atoms. The number of piperidine rings is 1. The molecule has 30 heavy (non-hydrogen) atoms. The quantitative estimate of drug-likeness (QED) is 0.697. The van der Waals surface area contributed by atoms with Crippen molar-refractivity contribution in [3.05, 3.63) is 54.1 Å². The van der Waals surface area contributed by atoms with E-state index in [0.717, 1.165) is 0 Å². The van der Waals surface area contributed by atoms with Gasteiger partial charge in [0.15, 0.2) is 0 Å². The average molecular weight is 452 g/mol. The van der Waals surface area contributed by atoms with E-state index in [9.17, 15) is 21.6 Å². The Morgan fingerprint density at radius 3 is 2.40 bits per heavy atom. The van der Waals surface area contributed by atoms with Crippen LogP contribution in [-0.4, -0.2) is 47.2 Å². The number of benzene rings is 2. The second-order valence-electron chi connectivity index (χ2n) is 7.19. The molecule has 2 aromatic carbocycles. The van der Waals surface area contributed by atoms with Gasteiger partial charge in [0.1, 0.15) is 0 Å². The lowest BCUT2D eigenvalue weighted by Gasteiger charge is -2.31. The van der Waals surface area contributed by atoms with Gasteiger partial charge in [0, 0.05) is 18.8 Å². The molecule has 0 bridgehead atoms. The number of aryl methyl sites for hydroxylation is 1. The van der Waals surface area contributed by atoms with Gasteiger partial charge < -0.3 is 5.32 Å². The van der Waals surface area contributed by atoms with E-state index in [2.05, 4.69) is 10.0 Å². The number of rotatable bonds is 6. The van der Waals surface area contributed by atoms with Crippen LogP contribution in [0.2, 0.25) is 0 Å². The largest absolute Gasteiger partial charge is 0.326 e. The summed E-state index contributed by atoms with van der Waals surface area (Å²) in [4.78, 5) is 13.1. The monoisotopic (exact) mass is 451 g/mol. The smallest absolute Gasteiger partial charge is 0.243 e. The fourth-order valence-electron chi connectivity index (χ4n) is 3.37. The third-order valence-corrected chi connectivity index (χ3v) is 8.47. The van der Waals surface area contributed by atoms with Crippen molar-refractivity contribution in [3.8, 4) is 0 Å². The Bertz CT molecular complexity index is 1130. The Labute approximate surface area is 177 Å². The summed E-state index contributed by atoms with van der Waals surface area (Å²) in [5, 5.41) is 2.78. The molecule has 10 heteroatoms. The van der Waals surface area contributed by atoms with Gasteiger partial charge in [-0.3, -0.25) is 4.79 Å². The Balaban J connectivity index is 1.77. The van der Waals surface area contributed by atoms with Gasteiger partial charge in [0.2, 0.25) is 26.0 Å². The fraction of sp³-hybridized carbons (Fsp3) is 0.350. The van der Waals surface area contributed by atoms with Crippen LogP contribution in [0.15, 0.2) is 58.3 Å². The summed E-state index contributed by atoms with van der Waals surface area (Å²) in [6, 6.07) is 12.6. The predicted molar refractivity (Wildman–Crippen MR) is 114 cm³/mol. The number of sulfonamides is 2. The van der Waals surface area contributed by atoms with Gasteiger partial charge in [-0.05, 0) is 56.6 Å². The highest BCUT2D eigenvalue weighted by molar-refractivity contribution is 7.89. The minimum atomic E-state index is -3.67. The Hall–Kier alpha value is -2.27. The molecule has 0 radical (unpaired) electrons. The first-order valence-electron chi connectivity index (χ1n) is 9.55. The Morgan fingerprint density at radius 1 is 1.03 bits per heavy atom. The van der Waals surface area contributed by atoms with Crippen LogP contribution in [0.25, 0.3) is 0 Å². The SMILES string of the molecule is CNS(=O)(=O)c1ccc(C)c(NC(=O)[C@@H]2CCCN(S(=O)(=O)c3ccccc3)C2)c1. The molecule has 1 aliphatic rings. The minimum Gasteiger partial charge on any atom is -0.326 e. The van der Waals surface area contributed by atoms with Crippen LogP contribution >= 0.6 is 0 Å². The molecule has 2 N–H and O–H groups in total. The van der Waals surface area contributed by atoms with E-state index in [0.29, 0.717) is 30.6 Å². The number of hydrogen-bond donors (Lipinski definition) is 2. The van der Waals surface area contributed by atoms with Gasteiger partial charge in [-0.15, -0.1) is 0 Å². The highest BCUT2D eigenvalue weighted by Crippen LogP contribution is 2.26. The van der Waals surface area contributed by atoms with Gasteiger partial charge >= 0.3 is 0 Å². The zero-order chi connectivity index (χ0) is 21.9. The van der Waals surface area contributed by atoms with E-state index in [4.69, 9.17) is 0 Å². The first-order chi connectivity index (χ1) is 14.1. The summed E-state index contributed by atoms with van der Waals surface area (Å²) < 4.78 is 53.4. The minimum absolute atomic E-state index is 0.0443. The van der Waals surface area contributed by atoms with E-state index in [-0.39, 0.29) is 22.2 Å². The molecule has 1 heterocycles. The van der Waals surface area contributed by atoms with Gasteiger partial charge in [-0.1, -0.05) is 24.3 Å². The van der Waals surface area contributed by atoms with E-state index in [1.165, 1.54) is 35.6 Å². The second kappa shape index (κ2) is 8.84. The number of nitrogens with zero attached hydrogens (tertiary/aromatic N) is 1. The third-order valence-electron chi connectivity index (χ3n) is 5.18. The molecule has 0 saturated carbocycles. The molecule has 1 atom stereocenters. The van der Waals surface area contributed by atoms with E-state index in [1.54, 1.807) is 31.2 Å². The van der Waals surface area contributed by atoms with Crippen LogP contribution in [0.1, 0.15) is 18.4 Å². The molecular weight excluding hydrogens is 426 g/mol. The van der Waals surface area contributed by atoms with Gasteiger partial charge in [-0.25, -0.2) is 21.6 Å².